The molecule has 84 valence electrons. The number of aromatic nitrogens is 2. The highest BCUT2D eigenvalue weighted by Crippen LogP contribution is 2.29. The third-order valence-electron chi connectivity index (χ3n) is 2.97. The minimum absolute atomic E-state index is 0.0901. The van der Waals surface area contributed by atoms with E-state index in [1.807, 2.05) is 24.6 Å². The molecule has 1 N–H and O–H groups in total. The number of hydrogen-bond acceptors (Lipinski definition) is 3. The van der Waals surface area contributed by atoms with Crippen molar-refractivity contribution in [2.75, 3.05) is 0 Å². The van der Waals surface area contributed by atoms with Crippen LogP contribution in [0, 0.1) is 0 Å². The minimum atomic E-state index is -0.593. The predicted octanol–water partition coefficient (Wildman–Crippen LogP) is 1.50. The van der Waals surface area contributed by atoms with E-state index in [9.17, 15) is 5.11 Å². The molecular formula is C11H18N2O2. The molecule has 1 saturated heterocycles. The van der Waals surface area contributed by atoms with Gasteiger partial charge in [0.25, 0.3) is 0 Å². The van der Waals surface area contributed by atoms with Gasteiger partial charge in [-0.3, -0.25) is 0 Å². The highest BCUT2D eigenvalue weighted by Gasteiger charge is 2.31. The van der Waals surface area contributed by atoms with Gasteiger partial charge in [-0.25, -0.2) is 4.98 Å². The first-order valence-electron chi connectivity index (χ1n) is 5.57. The van der Waals surface area contributed by atoms with E-state index in [2.05, 4.69) is 4.98 Å². The van der Waals surface area contributed by atoms with E-state index in [0.717, 1.165) is 25.2 Å². The topological polar surface area (TPSA) is 47.3 Å². The Morgan fingerprint density at radius 3 is 3.07 bits per heavy atom. The molecule has 4 nitrogen and oxygen atoms in total. The quantitative estimate of drug-likeness (QED) is 0.822. The second kappa shape index (κ2) is 4.33. The molecule has 1 fully saturated rings. The fraction of sp³-hybridized carbons (Fsp3) is 0.727. The molecule has 15 heavy (non-hydrogen) atoms. The smallest absolute Gasteiger partial charge is 0.140 e. The Balaban J connectivity index is 2.10. The lowest BCUT2D eigenvalue weighted by Gasteiger charge is -2.18. The highest BCUT2D eigenvalue weighted by molar-refractivity contribution is 5.00. The molecule has 3 unspecified atom stereocenters. The van der Waals surface area contributed by atoms with Crippen molar-refractivity contribution in [2.45, 2.75) is 51.5 Å². The van der Waals surface area contributed by atoms with Crippen LogP contribution < -0.4 is 0 Å². The largest absolute Gasteiger partial charge is 0.382 e. The van der Waals surface area contributed by atoms with Crippen molar-refractivity contribution >= 4 is 0 Å². The lowest BCUT2D eigenvalue weighted by Crippen LogP contribution is -2.22. The molecule has 0 spiro atoms. The van der Waals surface area contributed by atoms with Gasteiger partial charge in [0.15, 0.2) is 0 Å². The third-order valence-corrected chi connectivity index (χ3v) is 2.97. The SMILES string of the molecule is CCn1ccnc1C(O)C1CCC(C)O1. The Labute approximate surface area is 89.9 Å². The number of aliphatic hydroxyl groups excluding tert-OH is 1. The van der Waals surface area contributed by atoms with E-state index in [1.165, 1.54) is 0 Å². The maximum Gasteiger partial charge on any atom is 0.140 e. The summed E-state index contributed by atoms with van der Waals surface area (Å²) in [6.07, 6.45) is 5.12. The summed E-state index contributed by atoms with van der Waals surface area (Å²) in [6, 6.07) is 0. The van der Waals surface area contributed by atoms with E-state index >= 15 is 0 Å². The predicted molar refractivity (Wildman–Crippen MR) is 56.4 cm³/mol. The van der Waals surface area contributed by atoms with E-state index in [1.54, 1.807) is 6.20 Å². The second-order valence-electron chi connectivity index (χ2n) is 4.08. The van der Waals surface area contributed by atoms with Gasteiger partial charge in [-0.1, -0.05) is 0 Å². The molecule has 2 heterocycles. The van der Waals surface area contributed by atoms with Crippen LogP contribution in [0.1, 0.15) is 38.6 Å². The van der Waals surface area contributed by atoms with E-state index in [-0.39, 0.29) is 12.2 Å². The number of ether oxygens (including phenoxy) is 1. The van der Waals surface area contributed by atoms with Crippen molar-refractivity contribution in [1.82, 2.24) is 9.55 Å². The maximum absolute atomic E-state index is 10.1. The molecule has 0 aromatic carbocycles. The van der Waals surface area contributed by atoms with Crippen molar-refractivity contribution < 1.29 is 9.84 Å². The molecule has 0 aliphatic carbocycles. The average molecular weight is 210 g/mol. The normalized spacial score (nSPS) is 28.2. The first-order valence-corrected chi connectivity index (χ1v) is 5.57. The summed E-state index contributed by atoms with van der Waals surface area (Å²) in [4.78, 5) is 4.19. The zero-order chi connectivity index (χ0) is 10.8. The summed E-state index contributed by atoms with van der Waals surface area (Å²) in [5, 5.41) is 10.1. The highest BCUT2D eigenvalue weighted by atomic mass is 16.5. The van der Waals surface area contributed by atoms with Crippen molar-refractivity contribution in [3.8, 4) is 0 Å². The zero-order valence-electron chi connectivity index (χ0n) is 9.26. The van der Waals surface area contributed by atoms with Crippen molar-refractivity contribution in [3.05, 3.63) is 18.2 Å². The van der Waals surface area contributed by atoms with Gasteiger partial charge >= 0.3 is 0 Å². The number of rotatable bonds is 3. The van der Waals surface area contributed by atoms with Crippen LogP contribution in [0.25, 0.3) is 0 Å². The first-order chi connectivity index (χ1) is 7.22. The molecule has 1 aromatic heterocycles. The van der Waals surface area contributed by atoms with Crippen LogP contribution >= 0.6 is 0 Å². The van der Waals surface area contributed by atoms with Gasteiger partial charge in [0, 0.05) is 18.9 Å². The summed E-state index contributed by atoms with van der Waals surface area (Å²) in [6.45, 7) is 4.91. The third kappa shape index (κ3) is 2.06. The fourth-order valence-electron chi connectivity index (χ4n) is 2.09. The molecule has 0 bridgehead atoms. The Morgan fingerprint density at radius 2 is 2.47 bits per heavy atom. The van der Waals surface area contributed by atoms with Gasteiger partial charge in [0.1, 0.15) is 11.9 Å². The summed E-state index contributed by atoms with van der Waals surface area (Å²) in [7, 11) is 0. The molecule has 1 aliphatic heterocycles. The molecule has 4 heteroatoms. The molecule has 1 aromatic rings. The first kappa shape index (κ1) is 10.6. The maximum atomic E-state index is 10.1. The zero-order valence-corrected chi connectivity index (χ0v) is 9.26. The van der Waals surface area contributed by atoms with Crippen LogP contribution in [0.5, 0.6) is 0 Å². The molecule has 3 atom stereocenters. The summed E-state index contributed by atoms with van der Waals surface area (Å²) in [5.41, 5.74) is 0. The van der Waals surface area contributed by atoms with Gasteiger partial charge in [0.05, 0.1) is 12.2 Å². The minimum Gasteiger partial charge on any atom is -0.382 e. The van der Waals surface area contributed by atoms with Gasteiger partial charge in [0.2, 0.25) is 0 Å². The molecular weight excluding hydrogens is 192 g/mol. The van der Waals surface area contributed by atoms with Crippen LogP contribution in [0.15, 0.2) is 12.4 Å². The number of aliphatic hydroxyl groups is 1. The van der Waals surface area contributed by atoms with Crippen molar-refractivity contribution in [3.63, 3.8) is 0 Å². The van der Waals surface area contributed by atoms with Crippen LogP contribution in [0.2, 0.25) is 0 Å². The van der Waals surface area contributed by atoms with E-state index in [4.69, 9.17) is 4.74 Å². The summed E-state index contributed by atoms with van der Waals surface area (Å²) < 4.78 is 7.60. The van der Waals surface area contributed by atoms with Crippen LogP contribution in [-0.2, 0) is 11.3 Å². The standard InChI is InChI=1S/C11H18N2O2/c1-3-13-7-6-12-11(13)10(14)9-5-4-8(2)15-9/h6-10,14H,3-5H2,1-2H3. The summed E-state index contributed by atoms with van der Waals surface area (Å²) >= 11 is 0. The van der Waals surface area contributed by atoms with Crippen LogP contribution in [0.3, 0.4) is 0 Å². The monoisotopic (exact) mass is 210 g/mol. The van der Waals surface area contributed by atoms with E-state index < -0.39 is 6.10 Å². The van der Waals surface area contributed by atoms with Crippen LogP contribution in [-0.4, -0.2) is 26.9 Å². The Bertz CT molecular complexity index is 324. The number of nitrogens with zero attached hydrogens (tertiary/aromatic N) is 2. The Hall–Kier alpha value is -0.870. The van der Waals surface area contributed by atoms with Gasteiger partial charge in [-0.15, -0.1) is 0 Å². The average Bonchev–Trinajstić information content (AvgIpc) is 2.84. The van der Waals surface area contributed by atoms with Gasteiger partial charge < -0.3 is 14.4 Å². The lowest BCUT2D eigenvalue weighted by atomic mass is 10.1. The van der Waals surface area contributed by atoms with Crippen molar-refractivity contribution in [2.24, 2.45) is 0 Å². The summed E-state index contributed by atoms with van der Waals surface area (Å²) in [5.74, 6) is 0.719. The lowest BCUT2D eigenvalue weighted by molar-refractivity contribution is -0.0345. The van der Waals surface area contributed by atoms with Gasteiger partial charge in [-0.2, -0.15) is 0 Å². The number of aryl methyl sites for hydroxylation is 1. The Morgan fingerprint density at radius 1 is 1.67 bits per heavy atom. The molecule has 2 rings (SSSR count). The second-order valence-corrected chi connectivity index (χ2v) is 4.08. The molecule has 0 amide bonds. The van der Waals surface area contributed by atoms with E-state index in [0.29, 0.717) is 0 Å². The fourth-order valence-corrected chi connectivity index (χ4v) is 2.09. The molecule has 1 aliphatic rings. The van der Waals surface area contributed by atoms with Crippen LogP contribution in [0.4, 0.5) is 0 Å². The molecule has 0 radical (unpaired) electrons. The molecule has 0 saturated carbocycles. The number of hydrogen-bond donors (Lipinski definition) is 1. The number of imidazole rings is 1. The van der Waals surface area contributed by atoms with Gasteiger partial charge in [-0.05, 0) is 26.7 Å². The van der Waals surface area contributed by atoms with Crippen molar-refractivity contribution in [1.29, 1.82) is 0 Å². The Kier molecular flexibility index (Phi) is 3.07.